The number of nitrogen functional groups attached to an aromatic ring is 1. The number of nitrogens with two attached hydrogens (primary N) is 1. The molecule has 0 atom stereocenters. The largest absolute Gasteiger partial charge is 0.489 e. The zero-order chi connectivity index (χ0) is 14.5. The van der Waals surface area contributed by atoms with Crippen LogP contribution < -0.4 is 20.5 Å². The van der Waals surface area contributed by atoms with Gasteiger partial charge in [-0.05, 0) is 12.3 Å². The number of rotatable bonds is 4. The van der Waals surface area contributed by atoms with E-state index in [2.05, 4.69) is 19.2 Å². The summed E-state index contributed by atoms with van der Waals surface area (Å²) in [5, 5.41) is 2.84. The normalized spacial score (nSPS) is 13.9. The molecule has 0 fully saturated rings. The first-order valence-corrected chi connectivity index (χ1v) is 7.05. The van der Waals surface area contributed by atoms with Gasteiger partial charge < -0.3 is 20.5 Å². The van der Waals surface area contributed by atoms with Gasteiger partial charge in [-0.3, -0.25) is 4.79 Å². The van der Waals surface area contributed by atoms with Crippen LogP contribution in [0.15, 0.2) is 12.1 Å². The number of fused-ring (bicyclic) bond motifs is 1. The van der Waals surface area contributed by atoms with Crippen LogP contribution in [0.4, 0.5) is 11.4 Å². The molecule has 1 aliphatic rings. The summed E-state index contributed by atoms with van der Waals surface area (Å²) in [6.45, 7) is 5.41. The van der Waals surface area contributed by atoms with E-state index >= 15 is 0 Å². The Morgan fingerprint density at radius 2 is 1.95 bits per heavy atom. The van der Waals surface area contributed by atoms with Crippen molar-refractivity contribution < 1.29 is 14.3 Å². The Morgan fingerprint density at radius 1 is 1.30 bits per heavy atom. The standard InChI is InChI=1S/C15H22N2O3/c1-10(2)4-5-15(18)17-12-9-14-13(8-11(12)16)19-6-3-7-20-14/h8-10H,3-7,16H2,1-2H3,(H,17,18). The molecule has 1 aromatic carbocycles. The van der Waals surface area contributed by atoms with Crippen molar-refractivity contribution in [2.45, 2.75) is 33.1 Å². The minimum absolute atomic E-state index is 0.0279. The lowest BCUT2D eigenvalue weighted by Crippen LogP contribution is -2.13. The highest BCUT2D eigenvalue weighted by atomic mass is 16.5. The van der Waals surface area contributed by atoms with Gasteiger partial charge in [0.25, 0.3) is 0 Å². The number of nitrogens with one attached hydrogen (secondary N) is 1. The average molecular weight is 278 g/mol. The van der Waals surface area contributed by atoms with Gasteiger partial charge in [0.05, 0.1) is 24.6 Å². The lowest BCUT2D eigenvalue weighted by atomic mass is 10.1. The zero-order valence-electron chi connectivity index (χ0n) is 12.1. The van der Waals surface area contributed by atoms with Gasteiger partial charge in [0.15, 0.2) is 11.5 Å². The van der Waals surface area contributed by atoms with Crippen molar-refractivity contribution in [1.29, 1.82) is 0 Å². The smallest absolute Gasteiger partial charge is 0.224 e. The molecule has 3 N–H and O–H groups in total. The van der Waals surface area contributed by atoms with E-state index in [1.54, 1.807) is 12.1 Å². The Morgan fingerprint density at radius 3 is 2.60 bits per heavy atom. The van der Waals surface area contributed by atoms with Crippen LogP contribution in [0.5, 0.6) is 11.5 Å². The van der Waals surface area contributed by atoms with Gasteiger partial charge in [-0.25, -0.2) is 0 Å². The molecular weight excluding hydrogens is 256 g/mol. The monoisotopic (exact) mass is 278 g/mol. The lowest BCUT2D eigenvalue weighted by molar-refractivity contribution is -0.116. The predicted octanol–water partition coefficient (Wildman–Crippen LogP) is 2.80. The van der Waals surface area contributed by atoms with E-state index in [4.69, 9.17) is 15.2 Å². The molecule has 110 valence electrons. The number of hydrogen-bond donors (Lipinski definition) is 2. The highest BCUT2D eigenvalue weighted by molar-refractivity contribution is 5.94. The van der Waals surface area contributed by atoms with E-state index in [-0.39, 0.29) is 5.91 Å². The Labute approximate surface area is 119 Å². The number of carbonyl (C=O) groups is 1. The van der Waals surface area contributed by atoms with E-state index in [9.17, 15) is 4.79 Å². The minimum Gasteiger partial charge on any atom is -0.489 e. The molecule has 0 aromatic heterocycles. The predicted molar refractivity (Wildman–Crippen MR) is 79.2 cm³/mol. The molecule has 0 unspecified atom stereocenters. The Balaban J connectivity index is 2.08. The molecule has 0 bridgehead atoms. The highest BCUT2D eigenvalue weighted by Crippen LogP contribution is 2.36. The van der Waals surface area contributed by atoms with E-state index in [1.807, 2.05) is 0 Å². The Kier molecular flexibility index (Phi) is 4.71. The zero-order valence-corrected chi connectivity index (χ0v) is 12.1. The van der Waals surface area contributed by atoms with Crippen molar-refractivity contribution >= 4 is 17.3 Å². The molecule has 1 heterocycles. The van der Waals surface area contributed by atoms with Crippen LogP contribution in [0.25, 0.3) is 0 Å². The third-order valence-corrected chi connectivity index (χ3v) is 3.14. The molecule has 5 nitrogen and oxygen atoms in total. The van der Waals surface area contributed by atoms with Crippen molar-refractivity contribution in [1.82, 2.24) is 0 Å². The molecule has 0 radical (unpaired) electrons. The molecular formula is C15H22N2O3. The van der Waals surface area contributed by atoms with Crippen LogP contribution in [0.3, 0.4) is 0 Å². The van der Waals surface area contributed by atoms with E-state index in [0.29, 0.717) is 48.4 Å². The van der Waals surface area contributed by atoms with E-state index < -0.39 is 0 Å². The fourth-order valence-corrected chi connectivity index (χ4v) is 1.97. The fourth-order valence-electron chi connectivity index (χ4n) is 1.97. The van der Waals surface area contributed by atoms with Crippen LogP contribution in [0, 0.1) is 5.92 Å². The van der Waals surface area contributed by atoms with Gasteiger partial charge in [-0.1, -0.05) is 13.8 Å². The maximum atomic E-state index is 11.9. The van der Waals surface area contributed by atoms with Crippen molar-refractivity contribution in [3.63, 3.8) is 0 Å². The van der Waals surface area contributed by atoms with Crippen molar-refractivity contribution in [2.75, 3.05) is 24.3 Å². The quantitative estimate of drug-likeness (QED) is 0.831. The number of hydrogen-bond acceptors (Lipinski definition) is 4. The first-order chi connectivity index (χ1) is 9.56. The van der Waals surface area contributed by atoms with Crippen LogP contribution in [0.2, 0.25) is 0 Å². The van der Waals surface area contributed by atoms with E-state index in [1.165, 1.54) is 0 Å². The summed E-state index contributed by atoms with van der Waals surface area (Å²) in [6, 6.07) is 3.45. The van der Waals surface area contributed by atoms with Gasteiger partial charge in [0.1, 0.15) is 0 Å². The summed E-state index contributed by atoms with van der Waals surface area (Å²) in [7, 11) is 0. The molecule has 1 amide bonds. The summed E-state index contributed by atoms with van der Waals surface area (Å²) < 4.78 is 11.1. The fraction of sp³-hybridized carbons (Fsp3) is 0.533. The summed E-state index contributed by atoms with van der Waals surface area (Å²) in [5.74, 6) is 1.75. The molecule has 0 aliphatic carbocycles. The number of carbonyl (C=O) groups excluding carboxylic acids is 1. The summed E-state index contributed by atoms with van der Waals surface area (Å²) in [6.07, 6.45) is 2.19. The molecule has 5 heteroatoms. The summed E-state index contributed by atoms with van der Waals surface area (Å²) in [4.78, 5) is 11.9. The third kappa shape index (κ3) is 3.79. The molecule has 0 saturated carbocycles. The molecule has 1 aliphatic heterocycles. The number of ether oxygens (including phenoxy) is 2. The van der Waals surface area contributed by atoms with Crippen molar-refractivity contribution in [2.24, 2.45) is 5.92 Å². The van der Waals surface area contributed by atoms with Gasteiger partial charge in [-0.2, -0.15) is 0 Å². The Hall–Kier alpha value is -1.91. The SMILES string of the molecule is CC(C)CCC(=O)Nc1cc2c(cc1N)OCCCO2. The van der Waals surface area contributed by atoms with Gasteiger partial charge in [0, 0.05) is 25.0 Å². The number of anilines is 2. The second kappa shape index (κ2) is 6.50. The lowest BCUT2D eigenvalue weighted by Gasteiger charge is -2.13. The maximum absolute atomic E-state index is 11.9. The van der Waals surface area contributed by atoms with Gasteiger partial charge in [-0.15, -0.1) is 0 Å². The Bertz CT molecular complexity index is 486. The second-order valence-electron chi connectivity index (χ2n) is 5.42. The first kappa shape index (κ1) is 14.5. The number of benzene rings is 1. The second-order valence-corrected chi connectivity index (χ2v) is 5.42. The molecule has 20 heavy (non-hydrogen) atoms. The first-order valence-electron chi connectivity index (χ1n) is 7.05. The van der Waals surface area contributed by atoms with Crippen molar-refractivity contribution in [3.8, 4) is 11.5 Å². The van der Waals surface area contributed by atoms with Crippen molar-refractivity contribution in [3.05, 3.63) is 12.1 Å². The molecule has 2 rings (SSSR count). The van der Waals surface area contributed by atoms with Crippen LogP contribution in [-0.4, -0.2) is 19.1 Å². The average Bonchev–Trinajstić information content (AvgIpc) is 2.62. The number of amides is 1. The third-order valence-electron chi connectivity index (χ3n) is 3.14. The molecule has 0 spiro atoms. The van der Waals surface area contributed by atoms with Crippen LogP contribution in [-0.2, 0) is 4.79 Å². The van der Waals surface area contributed by atoms with Gasteiger partial charge >= 0.3 is 0 Å². The van der Waals surface area contributed by atoms with E-state index in [0.717, 1.165) is 12.8 Å². The van der Waals surface area contributed by atoms with Crippen LogP contribution >= 0.6 is 0 Å². The maximum Gasteiger partial charge on any atom is 0.224 e. The van der Waals surface area contributed by atoms with Gasteiger partial charge in [0.2, 0.25) is 5.91 Å². The van der Waals surface area contributed by atoms with Crippen LogP contribution in [0.1, 0.15) is 33.1 Å². The molecule has 1 aromatic rings. The summed E-state index contributed by atoms with van der Waals surface area (Å²) in [5.41, 5.74) is 7.03. The summed E-state index contributed by atoms with van der Waals surface area (Å²) >= 11 is 0. The topological polar surface area (TPSA) is 73.6 Å². The molecule has 0 saturated heterocycles. The highest BCUT2D eigenvalue weighted by Gasteiger charge is 2.15. The minimum atomic E-state index is -0.0279.